The third-order valence-electron chi connectivity index (χ3n) is 5.66. The average molecular weight is 433 g/mol. The molecule has 7 nitrogen and oxygen atoms in total. The van der Waals surface area contributed by atoms with E-state index in [9.17, 15) is 4.79 Å². The summed E-state index contributed by atoms with van der Waals surface area (Å²) >= 11 is 0. The van der Waals surface area contributed by atoms with Gasteiger partial charge in [-0.2, -0.15) is 0 Å². The predicted molar refractivity (Wildman–Crippen MR) is 124 cm³/mol. The van der Waals surface area contributed by atoms with Crippen molar-refractivity contribution in [1.29, 1.82) is 0 Å². The highest BCUT2D eigenvalue weighted by Crippen LogP contribution is 2.25. The van der Waals surface area contributed by atoms with Crippen LogP contribution in [0.5, 0.6) is 11.5 Å². The van der Waals surface area contributed by atoms with Crippen molar-refractivity contribution in [3.05, 3.63) is 66.0 Å². The highest BCUT2D eigenvalue weighted by atomic mass is 16.5. The summed E-state index contributed by atoms with van der Waals surface area (Å²) in [6, 6.07) is 13.0. The van der Waals surface area contributed by atoms with Crippen molar-refractivity contribution >= 4 is 11.9 Å². The fourth-order valence-electron chi connectivity index (χ4n) is 3.87. The summed E-state index contributed by atoms with van der Waals surface area (Å²) < 4.78 is 10.7. The normalized spacial score (nSPS) is 13.5. The van der Waals surface area contributed by atoms with Gasteiger partial charge >= 0.3 is 0 Å². The Morgan fingerprint density at radius 2 is 1.75 bits per heavy atom. The van der Waals surface area contributed by atoms with Gasteiger partial charge in [-0.3, -0.25) is 4.79 Å². The number of nitrogens with one attached hydrogen (secondary N) is 1. The molecule has 32 heavy (non-hydrogen) atoms. The minimum absolute atomic E-state index is 0.164. The molecule has 0 saturated carbocycles. The Hall–Kier alpha value is -3.61. The minimum atomic E-state index is -0.164. The number of carbonyl (C=O) groups is 1. The first-order valence-electron chi connectivity index (χ1n) is 10.8. The first kappa shape index (κ1) is 21.6. The standard InChI is InChI=1S/C25H28N4O3/c1-31-22-9-10-23(32-2)20(14-22)15-26-24(30)19-8-6-7-18(13-19)21-16-27-25(28-17-21)29-11-4-3-5-12-29/h6-10,13-14,16-17H,3-5,11-12,15H2,1-2H3,(H,26,30). The molecule has 0 radical (unpaired) electrons. The zero-order chi connectivity index (χ0) is 22.3. The van der Waals surface area contributed by atoms with Crippen molar-refractivity contribution in [2.75, 3.05) is 32.2 Å². The Labute approximate surface area is 188 Å². The Bertz CT molecular complexity index is 1060. The van der Waals surface area contributed by atoms with Gasteiger partial charge < -0.3 is 19.7 Å². The van der Waals surface area contributed by atoms with Crippen LogP contribution in [0.1, 0.15) is 35.2 Å². The van der Waals surface area contributed by atoms with Crippen LogP contribution in [0.3, 0.4) is 0 Å². The Morgan fingerprint density at radius 1 is 0.969 bits per heavy atom. The molecule has 1 N–H and O–H groups in total. The molecule has 2 aromatic carbocycles. The van der Waals surface area contributed by atoms with E-state index in [4.69, 9.17) is 9.47 Å². The summed E-state index contributed by atoms with van der Waals surface area (Å²) in [5, 5.41) is 2.96. The summed E-state index contributed by atoms with van der Waals surface area (Å²) in [6.07, 6.45) is 7.30. The highest BCUT2D eigenvalue weighted by Gasteiger charge is 2.14. The molecule has 0 unspecified atom stereocenters. The number of rotatable bonds is 7. The molecule has 1 amide bonds. The van der Waals surface area contributed by atoms with E-state index in [-0.39, 0.29) is 5.91 Å². The summed E-state index contributed by atoms with van der Waals surface area (Å²) in [5.74, 6) is 2.02. The minimum Gasteiger partial charge on any atom is -0.497 e. The molecule has 166 valence electrons. The van der Waals surface area contributed by atoms with Gasteiger partial charge in [0.25, 0.3) is 5.91 Å². The van der Waals surface area contributed by atoms with Gasteiger partial charge in [-0.25, -0.2) is 9.97 Å². The fourth-order valence-corrected chi connectivity index (χ4v) is 3.87. The smallest absolute Gasteiger partial charge is 0.251 e. The Morgan fingerprint density at radius 3 is 2.47 bits per heavy atom. The predicted octanol–water partition coefficient (Wildman–Crippen LogP) is 4.08. The van der Waals surface area contributed by atoms with Gasteiger partial charge in [-0.05, 0) is 55.2 Å². The summed E-state index contributed by atoms with van der Waals surface area (Å²) in [7, 11) is 3.22. The van der Waals surface area contributed by atoms with E-state index in [1.165, 1.54) is 19.3 Å². The maximum absolute atomic E-state index is 12.8. The number of anilines is 1. The van der Waals surface area contributed by atoms with Gasteiger partial charge in [-0.1, -0.05) is 12.1 Å². The molecule has 0 atom stereocenters. The van der Waals surface area contributed by atoms with Gasteiger partial charge in [0, 0.05) is 48.7 Å². The monoisotopic (exact) mass is 432 g/mol. The van der Waals surface area contributed by atoms with E-state index in [0.29, 0.717) is 23.6 Å². The number of amides is 1. The molecule has 3 aromatic rings. The van der Waals surface area contributed by atoms with Crippen molar-refractivity contribution in [2.24, 2.45) is 0 Å². The fraction of sp³-hybridized carbons (Fsp3) is 0.320. The first-order valence-corrected chi connectivity index (χ1v) is 10.8. The number of ether oxygens (including phenoxy) is 2. The lowest BCUT2D eigenvalue weighted by Crippen LogP contribution is -2.30. The van der Waals surface area contributed by atoms with Crippen LogP contribution >= 0.6 is 0 Å². The molecule has 0 aliphatic carbocycles. The van der Waals surface area contributed by atoms with Crippen molar-refractivity contribution in [3.8, 4) is 22.6 Å². The van der Waals surface area contributed by atoms with E-state index >= 15 is 0 Å². The Balaban J connectivity index is 1.45. The number of aromatic nitrogens is 2. The van der Waals surface area contributed by atoms with Crippen molar-refractivity contribution in [1.82, 2.24) is 15.3 Å². The second-order valence-corrected chi connectivity index (χ2v) is 7.76. The zero-order valence-corrected chi connectivity index (χ0v) is 18.5. The Kier molecular flexibility index (Phi) is 6.84. The van der Waals surface area contributed by atoms with Gasteiger partial charge in [0.2, 0.25) is 5.95 Å². The summed E-state index contributed by atoms with van der Waals surface area (Å²) in [4.78, 5) is 24.1. The van der Waals surface area contributed by atoms with Crippen LogP contribution in [-0.4, -0.2) is 43.2 Å². The second-order valence-electron chi connectivity index (χ2n) is 7.76. The topological polar surface area (TPSA) is 76.6 Å². The highest BCUT2D eigenvalue weighted by molar-refractivity contribution is 5.95. The average Bonchev–Trinajstić information content (AvgIpc) is 2.87. The molecule has 0 bridgehead atoms. The molecular formula is C25H28N4O3. The van der Waals surface area contributed by atoms with Crippen LogP contribution in [-0.2, 0) is 6.54 Å². The lowest BCUT2D eigenvalue weighted by Gasteiger charge is -2.26. The number of benzene rings is 2. The largest absolute Gasteiger partial charge is 0.497 e. The third-order valence-corrected chi connectivity index (χ3v) is 5.66. The molecule has 1 saturated heterocycles. The van der Waals surface area contributed by atoms with Crippen LogP contribution < -0.4 is 19.7 Å². The van der Waals surface area contributed by atoms with E-state index in [0.717, 1.165) is 35.7 Å². The molecular weight excluding hydrogens is 404 g/mol. The number of hydrogen-bond donors (Lipinski definition) is 1. The van der Waals surface area contributed by atoms with E-state index in [2.05, 4.69) is 20.2 Å². The molecule has 4 rings (SSSR count). The third kappa shape index (κ3) is 4.99. The van der Waals surface area contributed by atoms with Crippen LogP contribution in [0.2, 0.25) is 0 Å². The molecule has 0 spiro atoms. The van der Waals surface area contributed by atoms with Crippen molar-refractivity contribution in [2.45, 2.75) is 25.8 Å². The van der Waals surface area contributed by atoms with Gasteiger partial charge in [-0.15, -0.1) is 0 Å². The lowest BCUT2D eigenvalue weighted by molar-refractivity contribution is 0.0950. The molecule has 7 heteroatoms. The number of carbonyl (C=O) groups excluding carboxylic acids is 1. The quantitative estimate of drug-likeness (QED) is 0.606. The zero-order valence-electron chi connectivity index (χ0n) is 18.5. The lowest BCUT2D eigenvalue weighted by atomic mass is 10.1. The van der Waals surface area contributed by atoms with Crippen molar-refractivity contribution in [3.63, 3.8) is 0 Å². The maximum atomic E-state index is 12.8. The maximum Gasteiger partial charge on any atom is 0.251 e. The van der Waals surface area contributed by atoms with E-state index < -0.39 is 0 Å². The summed E-state index contributed by atoms with van der Waals surface area (Å²) in [5.41, 5.74) is 3.21. The van der Waals surface area contributed by atoms with Gasteiger partial charge in [0.15, 0.2) is 0 Å². The molecule has 1 fully saturated rings. The first-order chi connectivity index (χ1) is 15.7. The number of hydrogen-bond acceptors (Lipinski definition) is 6. The SMILES string of the molecule is COc1ccc(OC)c(CNC(=O)c2cccc(-c3cnc(N4CCCCC4)nc3)c2)c1. The van der Waals surface area contributed by atoms with Crippen LogP contribution in [0.15, 0.2) is 54.9 Å². The van der Waals surface area contributed by atoms with E-state index in [1.54, 1.807) is 20.3 Å². The van der Waals surface area contributed by atoms with Gasteiger partial charge in [0.05, 0.1) is 14.2 Å². The molecule has 2 heterocycles. The second kappa shape index (κ2) is 10.1. The van der Waals surface area contributed by atoms with Crippen LogP contribution in [0.4, 0.5) is 5.95 Å². The van der Waals surface area contributed by atoms with E-state index in [1.807, 2.05) is 48.8 Å². The van der Waals surface area contributed by atoms with Crippen molar-refractivity contribution < 1.29 is 14.3 Å². The van der Waals surface area contributed by atoms with Crippen LogP contribution in [0.25, 0.3) is 11.1 Å². The molecule has 1 aliphatic heterocycles. The molecule has 1 aliphatic rings. The molecule has 1 aromatic heterocycles. The summed E-state index contributed by atoms with van der Waals surface area (Å²) in [6.45, 7) is 2.34. The number of nitrogens with zero attached hydrogens (tertiary/aromatic N) is 3. The van der Waals surface area contributed by atoms with Gasteiger partial charge in [0.1, 0.15) is 11.5 Å². The van der Waals surface area contributed by atoms with Crippen LogP contribution in [0, 0.1) is 0 Å². The number of methoxy groups -OCH3 is 2. The number of piperidine rings is 1.